The molecule has 2 nitrogen and oxygen atoms in total. The minimum Gasteiger partial charge on any atom is -0.293 e. The van der Waals surface area contributed by atoms with E-state index in [2.05, 4.69) is 58.3 Å². The van der Waals surface area contributed by atoms with Gasteiger partial charge in [-0.25, -0.2) is 0 Å². The predicted octanol–water partition coefficient (Wildman–Crippen LogP) is 3.12. The van der Waals surface area contributed by atoms with E-state index in [1.807, 2.05) is 0 Å². The van der Waals surface area contributed by atoms with Crippen molar-refractivity contribution in [1.82, 2.24) is 9.80 Å². The van der Waals surface area contributed by atoms with E-state index in [1.165, 1.54) is 19.4 Å². The third kappa shape index (κ3) is 2.26. The molecule has 0 amide bonds. The highest BCUT2D eigenvalue weighted by Gasteiger charge is 2.50. The standard InChI is InChI=1S/C15H30N2/c1-11-13-9-8-12(17(13)15(5,6)7)10-16(11)14(2,3)4/h11-13H,8-10H2,1-7H3. The van der Waals surface area contributed by atoms with E-state index >= 15 is 0 Å². The van der Waals surface area contributed by atoms with Gasteiger partial charge in [-0.2, -0.15) is 0 Å². The van der Waals surface area contributed by atoms with Gasteiger partial charge in [0.1, 0.15) is 0 Å². The molecule has 2 aliphatic rings. The van der Waals surface area contributed by atoms with Gasteiger partial charge >= 0.3 is 0 Å². The average molecular weight is 238 g/mol. The quantitative estimate of drug-likeness (QED) is 0.640. The molecule has 100 valence electrons. The zero-order valence-electron chi connectivity index (χ0n) is 12.7. The first kappa shape index (κ1) is 13.4. The molecule has 2 bridgehead atoms. The summed E-state index contributed by atoms with van der Waals surface area (Å²) >= 11 is 0. The molecule has 0 saturated carbocycles. The zero-order chi connectivity index (χ0) is 13.0. The van der Waals surface area contributed by atoms with Crippen molar-refractivity contribution in [2.75, 3.05) is 6.54 Å². The van der Waals surface area contributed by atoms with Crippen LogP contribution in [-0.4, -0.2) is 45.5 Å². The van der Waals surface area contributed by atoms with Gasteiger partial charge in [-0.15, -0.1) is 0 Å². The van der Waals surface area contributed by atoms with Crippen LogP contribution in [-0.2, 0) is 0 Å². The van der Waals surface area contributed by atoms with Crippen LogP contribution in [0.4, 0.5) is 0 Å². The fourth-order valence-corrected chi connectivity index (χ4v) is 4.10. The van der Waals surface area contributed by atoms with E-state index in [0.29, 0.717) is 17.1 Å². The summed E-state index contributed by atoms with van der Waals surface area (Å²) in [5.41, 5.74) is 0.633. The summed E-state index contributed by atoms with van der Waals surface area (Å²) < 4.78 is 0. The molecular weight excluding hydrogens is 208 g/mol. The van der Waals surface area contributed by atoms with Crippen LogP contribution in [0.5, 0.6) is 0 Å². The van der Waals surface area contributed by atoms with Gasteiger partial charge in [0.15, 0.2) is 0 Å². The Morgan fingerprint density at radius 2 is 1.47 bits per heavy atom. The molecular formula is C15H30N2. The van der Waals surface area contributed by atoms with Crippen LogP contribution in [0.3, 0.4) is 0 Å². The lowest BCUT2D eigenvalue weighted by Crippen LogP contribution is -2.66. The van der Waals surface area contributed by atoms with E-state index in [-0.39, 0.29) is 0 Å². The number of nitrogens with zero attached hydrogens (tertiary/aromatic N) is 2. The van der Waals surface area contributed by atoms with Crippen molar-refractivity contribution in [3.8, 4) is 0 Å². The van der Waals surface area contributed by atoms with E-state index in [0.717, 1.165) is 12.1 Å². The Balaban J connectivity index is 2.24. The van der Waals surface area contributed by atoms with Gasteiger partial charge in [-0.1, -0.05) is 0 Å². The Morgan fingerprint density at radius 1 is 0.882 bits per heavy atom. The maximum Gasteiger partial charge on any atom is 0.0258 e. The van der Waals surface area contributed by atoms with Crippen molar-refractivity contribution in [3.05, 3.63) is 0 Å². The summed E-state index contributed by atoms with van der Waals surface area (Å²) in [6, 6.07) is 2.22. The normalized spacial score (nSPS) is 36.5. The molecule has 2 aliphatic heterocycles. The smallest absolute Gasteiger partial charge is 0.0258 e. The van der Waals surface area contributed by atoms with Crippen molar-refractivity contribution < 1.29 is 0 Å². The minimum atomic E-state index is 0.310. The molecule has 0 aromatic heterocycles. The number of piperazine rings is 1. The zero-order valence-corrected chi connectivity index (χ0v) is 12.7. The Morgan fingerprint density at radius 3 is 1.94 bits per heavy atom. The number of hydrogen-bond donors (Lipinski definition) is 0. The molecule has 3 unspecified atom stereocenters. The number of fused-ring (bicyclic) bond motifs is 2. The fraction of sp³-hybridized carbons (Fsp3) is 1.00. The van der Waals surface area contributed by atoms with Gasteiger partial charge in [0.25, 0.3) is 0 Å². The second-order valence-corrected chi connectivity index (χ2v) is 7.94. The van der Waals surface area contributed by atoms with Gasteiger partial charge < -0.3 is 0 Å². The number of likely N-dealkylation sites (tertiary alicyclic amines) is 1. The van der Waals surface area contributed by atoms with Crippen molar-refractivity contribution in [2.24, 2.45) is 0 Å². The first-order valence-electron chi connectivity index (χ1n) is 7.17. The van der Waals surface area contributed by atoms with Gasteiger partial charge in [0, 0.05) is 35.7 Å². The third-order valence-corrected chi connectivity index (χ3v) is 4.64. The summed E-state index contributed by atoms with van der Waals surface area (Å²) in [5, 5.41) is 0. The molecule has 0 aliphatic carbocycles. The molecule has 3 atom stereocenters. The highest BCUT2D eigenvalue weighted by molar-refractivity contribution is 5.06. The first-order valence-corrected chi connectivity index (χ1v) is 7.17. The van der Waals surface area contributed by atoms with Crippen LogP contribution < -0.4 is 0 Å². The molecule has 17 heavy (non-hydrogen) atoms. The highest BCUT2D eigenvalue weighted by Crippen LogP contribution is 2.41. The number of rotatable bonds is 0. The largest absolute Gasteiger partial charge is 0.293 e. The van der Waals surface area contributed by atoms with Gasteiger partial charge in [0.2, 0.25) is 0 Å². The van der Waals surface area contributed by atoms with Crippen molar-refractivity contribution in [1.29, 1.82) is 0 Å². The maximum atomic E-state index is 2.79. The van der Waals surface area contributed by atoms with Gasteiger partial charge in [-0.05, 0) is 61.3 Å². The average Bonchev–Trinajstić information content (AvgIpc) is 2.47. The van der Waals surface area contributed by atoms with Crippen LogP contribution in [0.25, 0.3) is 0 Å². The molecule has 2 fully saturated rings. The lowest BCUT2D eigenvalue weighted by molar-refractivity contribution is -0.0627. The van der Waals surface area contributed by atoms with Crippen molar-refractivity contribution >= 4 is 0 Å². The van der Waals surface area contributed by atoms with E-state index in [4.69, 9.17) is 0 Å². The monoisotopic (exact) mass is 238 g/mol. The molecule has 0 N–H and O–H groups in total. The van der Waals surface area contributed by atoms with Gasteiger partial charge in [0.05, 0.1) is 0 Å². The van der Waals surface area contributed by atoms with Crippen LogP contribution in [0.1, 0.15) is 61.3 Å². The lowest BCUT2D eigenvalue weighted by Gasteiger charge is -2.55. The molecule has 0 aromatic rings. The maximum absolute atomic E-state index is 2.79. The van der Waals surface area contributed by atoms with Crippen LogP contribution in [0, 0.1) is 0 Å². The Bertz CT molecular complexity index is 284. The predicted molar refractivity (Wildman–Crippen MR) is 74.3 cm³/mol. The minimum absolute atomic E-state index is 0.310. The van der Waals surface area contributed by atoms with Crippen LogP contribution in [0.15, 0.2) is 0 Å². The second-order valence-electron chi connectivity index (χ2n) is 7.94. The summed E-state index contributed by atoms with van der Waals surface area (Å²) in [6.07, 6.45) is 2.77. The molecule has 2 saturated heterocycles. The molecule has 2 rings (SSSR count). The van der Waals surface area contributed by atoms with E-state index in [1.54, 1.807) is 0 Å². The molecule has 2 heterocycles. The van der Waals surface area contributed by atoms with Crippen molar-refractivity contribution in [2.45, 2.75) is 90.5 Å². The van der Waals surface area contributed by atoms with Crippen LogP contribution >= 0.6 is 0 Å². The van der Waals surface area contributed by atoms with E-state index < -0.39 is 0 Å². The molecule has 0 aromatic carbocycles. The summed E-state index contributed by atoms with van der Waals surface area (Å²) in [7, 11) is 0. The fourth-order valence-electron chi connectivity index (χ4n) is 4.10. The van der Waals surface area contributed by atoms with Gasteiger partial charge in [-0.3, -0.25) is 9.80 Å². The summed E-state index contributed by atoms with van der Waals surface area (Å²) in [5.74, 6) is 0. The summed E-state index contributed by atoms with van der Waals surface area (Å²) in [6.45, 7) is 17.9. The molecule has 0 radical (unpaired) electrons. The highest BCUT2D eigenvalue weighted by atomic mass is 15.4. The molecule has 2 heteroatoms. The topological polar surface area (TPSA) is 6.48 Å². The van der Waals surface area contributed by atoms with Crippen molar-refractivity contribution in [3.63, 3.8) is 0 Å². The number of hydrogen-bond acceptors (Lipinski definition) is 2. The Labute approximate surface area is 107 Å². The third-order valence-electron chi connectivity index (χ3n) is 4.64. The van der Waals surface area contributed by atoms with E-state index in [9.17, 15) is 0 Å². The second kappa shape index (κ2) is 3.96. The Kier molecular flexibility index (Phi) is 3.11. The van der Waals surface area contributed by atoms with Crippen LogP contribution in [0.2, 0.25) is 0 Å². The SMILES string of the molecule is CC1C2CCC(CN1C(C)(C)C)N2C(C)(C)C. The first-order chi connectivity index (χ1) is 7.62. The molecule has 0 spiro atoms. The lowest BCUT2D eigenvalue weighted by atomic mass is 9.92. The summed E-state index contributed by atoms with van der Waals surface area (Å²) in [4.78, 5) is 5.51. The Hall–Kier alpha value is -0.0800.